The molecule has 0 fully saturated rings. The van der Waals surface area contributed by atoms with E-state index < -0.39 is 6.10 Å². The largest absolute Gasteiger partial charge is 0.387 e. The summed E-state index contributed by atoms with van der Waals surface area (Å²) in [6.07, 6.45) is 3.53. The fourth-order valence-corrected chi connectivity index (χ4v) is 2.14. The third kappa shape index (κ3) is 2.88. The van der Waals surface area contributed by atoms with Crippen molar-refractivity contribution < 1.29 is 5.11 Å². The lowest BCUT2D eigenvalue weighted by molar-refractivity contribution is 0.161. The van der Waals surface area contributed by atoms with E-state index in [1.165, 1.54) is 0 Å². The first kappa shape index (κ1) is 12.6. The minimum absolute atomic E-state index is 0.00130. The van der Waals surface area contributed by atoms with Gasteiger partial charge in [-0.2, -0.15) is 0 Å². The average Bonchev–Trinajstić information content (AvgIpc) is 2.46. The highest BCUT2D eigenvalue weighted by atomic mass is 16.3. The molecule has 0 aromatic heterocycles. The summed E-state index contributed by atoms with van der Waals surface area (Å²) in [7, 11) is 0. The Kier molecular flexibility index (Phi) is 4.32. The van der Waals surface area contributed by atoms with Crippen LogP contribution >= 0.6 is 0 Å². The molecule has 18 heavy (non-hydrogen) atoms. The first-order valence-electron chi connectivity index (χ1n) is 6.23. The quantitative estimate of drug-likeness (QED) is 0.796. The van der Waals surface area contributed by atoms with E-state index in [1.807, 2.05) is 67.6 Å². The molecule has 92 valence electrons. The first-order valence-corrected chi connectivity index (χ1v) is 6.23. The highest BCUT2D eigenvalue weighted by Gasteiger charge is 2.19. The van der Waals surface area contributed by atoms with Crippen LogP contribution in [0.4, 0.5) is 0 Å². The molecule has 2 aromatic carbocycles. The fraction of sp³-hybridized carbons (Fsp3) is 0.176. The van der Waals surface area contributed by atoms with Gasteiger partial charge >= 0.3 is 0 Å². The van der Waals surface area contributed by atoms with Crippen LogP contribution in [0.1, 0.15) is 30.1 Å². The SMILES string of the molecule is C/C=C/[C@H](c1ccccc1)[C@H](O)c1ccccc1. The summed E-state index contributed by atoms with van der Waals surface area (Å²) in [4.78, 5) is 0. The molecular weight excluding hydrogens is 220 g/mol. The van der Waals surface area contributed by atoms with E-state index in [1.54, 1.807) is 0 Å². The zero-order valence-corrected chi connectivity index (χ0v) is 10.5. The van der Waals surface area contributed by atoms with Gasteiger partial charge in [0.1, 0.15) is 0 Å². The third-order valence-electron chi connectivity index (χ3n) is 3.07. The molecule has 1 heteroatoms. The van der Waals surface area contributed by atoms with Crippen LogP contribution in [-0.2, 0) is 0 Å². The van der Waals surface area contributed by atoms with Crippen LogP contribution in [0, 0.1) is 0 Å². The zero-order valence-electron chi connectivity index (χ0n) is 10.5. The van der Waals surface area contributed by atoms with Gasteiger partial charge in [-0.05, 0) is 18.1 Å². The number of aliphatic hydroxyl groups excluding tert-OH is 1. The maximum atomic E-state index is 10.5. The predicted molar refractivity (Wildman–Crippen MR) is 75.4 cm³/mol. The van der Waals surface area contributed by atoms with Crippen LogP contribution in [0.5, 0.6) is 0 Å². The summed E-state index contributed by atoms with van der Waals surface area (Å²) in [5.74, 6) is -0.00130. The smallest absolute Gasteiger partial charge is 0.0893 e. The lowest BCUT2D eigenvalue weighted by atomic mass is 9.89. The molecule has 0 radical (unpaired) electrons. The van der Waals surface area contributed by atoms with Crippen LogP contribution in [-0.4, -0.2) is 5.11 Å². The highest BCUT2D eigenvalue weighted by molar-refractivity contribution is 5.30. The summed E-state index contributed by atoms with van der Waals surface area (Å²) in [6, 6.07) is 19.9. The molecule has 2 atom stereocenters. The molecule has 0 aliphatic rings. The Bertz CT molecular complexity index is 488. The van der Waals surface area contributed by atoms with Crippen LogP contribution in [0.3, 0.4) is 0 Å². The van der Waals surface area contributed by atoms with E-state index in [2.05, 4.69) is 12.1 Å². The Morgan fingerprint density at radius 3 is 1.83 bits per heavy atom. The average molecular weight is 238 g/mol. The second-order valence-corrected chi connectivity index (χ2v) is 4.32. The van der Waals surface area contributed by atoms with Gasteiger partial charge in [-0.3, -0.25) is 0 Å². The van der Waals surface area contributed by atoms with E-state index in [9.17, 15) is 5.11 Å². The molecule has 0 bridgehead atoms. The van der Waals surface area contributed by atoms with Gasteiger partial charge in [-0.1, -0.05) is 72.8 Å². The number of aliphatic hydroxyl groups is 1. The summed E-state index contributed by atoms with van der Waals surface area (Å²) in [5, 5.41) is 10.5. The molecule has 1 nitrogen and oxygen atoms in total. The number of benzene rings is 2. The van der Waals surface area contributed by atoms with Gasteiger partial charge in [0.15, 0.2) is 0 Å². The van der Waals surface area contributed by atoms with Gasteiger partial charge in [-0.15, -0.1) is 0 Å². The Morgan fingerprint density at radius 2 is 1.33 bits per heavy atom. The summed E-state index contributed by atoms with van der Waals surface area (Å²) < 4.78 is 0. The monoisotopic (exact) mass is 238 g/mol. The second kappa shape index (κ2) is 6.18. The van der Waals surface area contributed by atoms with Crippen molar-refractivity contribution in [2.45, 2.75) is 18.9 Å². The van der Waals surface area contributed by atoms with E-state index in [0.29, 0.717) is 0 Å². The zero-order chi connectivity index (χ0) is 12.8. The van der Waals surface area contributed by atoms with E-state index in [0.717, 1.165) is 11.1 Å². The van der Waals surface area contributed by atoms with Crippen molar-refractivity contribution in [3.63, 3.8) is 0 Å². The standard InChI is InChI=1S/C17H18O/c1-2-9-16(14-10-5-3-6-11-14)17(18)15-12-7-4-8-13-15/h2-13,16-18H,1H3/b9-2+/t16-,17-/m1/s1. The van der Waals surface area contributed by atoms with Crippen molar-refractivity contribution in [3.8, 4) is 0 Å². The lowest BCUT2D eigenvalue weighted by Gasteiger charge is -2.20. The molecule has 2 aromatic rings. The Morgan fingerprint density at radius 1 is 0.833 bits per heavy atom. The lowest BCUT2D eigenvalue weighted by Crippen LogP contribution is -2.08. The van der Waals surface area contributed by atoms with Gasteiger partial charge in [0, 0.05) is 5.92 Å². The summed E-state index contributed by atoms with van der Waals surface area (Å²) in [5.41, 5.74) is 2.08. The van der Waals surface area contributed by atoms with Gasteiger partial charge in [0.2, 0.25) is 0 Å². The normalized spacial score (nSPS) is 14.6. The van der Waals surface area contributed by atoms with Gasteiger partial charge in [0.05, 0.1) is 6.10 Å². The van der Waals surface area contributed by atoms with Crippen molar-refractivity contribution in [2.75, 3.05) is 0 Å². The van der Waals surface area contributed by atoms with Crippen molar-refractivity contribution in [1.29, 1.82) is 0 Å². The van der Waals surface area contributed by atoms with Crippen molar-refractivity contribution in [2.24, 2.45) is 0 Å². The van der Waals surface area contributed by atoms with Crippen LogP contribution < -0.4 is 0 Å². The van der Waals surface area contributed by atoms with Crippen LogP contribution in [0.25, 0.3) is 0 Å². The molecule has 0 unspecified atom stereocenters. The molecule has 0 aliphatic heterocycles. The molecule has 2 rings (SSSR count). The fourth-order valence-electron chi connectivity index (χ4n) is 2.14. The summed E-state index contributed by atoms with van der Waals surface area (Å²) in [6.45, 7) is 1.98. The van der Waals surface area contributed by atoms with E-state index in [-0.39, 0.29) is 5.92 Å². The molecule has 0 spiro atoms. The van der Waals surface area contributed by atoms with Crippen molar-refractivity contribution >= 4 is 0 Å². The Labute approximate surface area is 108 Å². The van der Waals surface area contributed by atoms with E-state index >= 15 is 0 Å². The third-order valence-corrected chi connectivity index (χ3v) is 3.07. The minimum Gasteiger partial charge on any atom is -0.387 e. The molecule has 0 saturated heterocycles. The number of hydrogen-bond donors (Lipinski definition) is 1. The number of allylic oxidation sites excluding steroid dienone is 1. The van der Waals surface area contributed by atoms with E-state index in [4.69, 9.17) is 0 Å². The minimum atomic E-state index is -0.509. The number of hydrogen-bond acceptors (Lipinski definition) is 1. The van der Waals surface area contributed by atoms with Gasteiger partial charge < -0.3 is 5.11 Å². The predicted octanol–water partition coefficient (Wildman–Crippen LogP) is 4.08. The molecular formula is C17H18O. The highest BCUT2D eigenvalue weighted by Crippen LogP contribution is 2.31. The number of rotatable bonds is 4. The second-order valence-electron chi connectivity index (χ2n) is 4.32. The molecule has 0 heterocycles. The Balaban J connectivity index is 2.32. The van der Waals surface area contributed by atoms with Crippen LogP contribution in [0.15, 0.2) is 72.8 Å². The van der Waals surface area contributed by atoms with Gasteiger partial charge in [0.25, 0.3) is 0 Å². The maximum absolute atomic E-state index is 10.5. The van der Waals surface area contributed by atoms with Crippen LogP contribution in [0.2, 0.25) is 0 Å². The maximum Gasteiger partial charge on any atom is 0.0893 e. The van der Waals surface area contributed by atoms with Gasteiger partial charge in [-0.25, -0.2) is 0 Å². The van der Waals surface area contributed by atoms with Crippen molar-refractivity contribution in [3.05, 3.63) is 83.9 Å². The molecule has 0 amide bonds. The molecule has 0 aliphatic carbocycles. The topological polar surface area (TPSA) is 20.2 Å². The first-order chi connectivity index (χ1) is 8.83. The Hall–Kier alpha value is -1.86. The summed E-state index contributed by atoms with van der Waals surface area (Å²) >= 11 is 0. The molecule has 1 N–H and O–H groups in total. The molecule has 0 saturated carbocycles. The van der Waals surface area contributed by atoms with Crippen molar-refractivity contribution in [1.82, 2.24) is 0 Å².